The molecule has 0 bridgehead atoms. The molecule has 0 unspecified atom stereocenters. The third-order valence-corrected chi connectivity index (χ3v) is 11.1. The van der Waals surface area contributed by atoms with Gasteiger partial charge in [0.2, 0.25) is 0 Å². The molecule has 4 aliphatic heterocycles. The van der Waals surface area contributed by atoms with Crippen molar-refractivity contribution in [3.8, 4) is 29.5 Å². The van der Waals surface area contributed by atoms with Gasteiger partial charge in [0.05, 0.1) is 11.1 Å². The molecule has 5 atom stereocenters. The predicted molar refractivity (Wildman–Crippen MR) is 179 cm³/mol. The average Bonchev–Trinajstić information content (AvgIpc) is 3.56. The van der Waals surface area contributed by atoms with E-state index < -0.39 is 23.3 Å². The zero-order valence-corrected chi connectivity index (χ0v) is 26.8. The average molecular weight is 641 g/mol. The molecule has 4 aromatic rings. The van der Waals surface area contributed by atoms with Crippen LogP contribution in [0.25, 0.3) is 32.8 Å². The lowest BCUT2D eigenvalue weighted by Crippen LogP contribution is -2.58. The van der Waals surface area contributed by atoms with Gasteiger partial charge in [-0.2, -0.15) is 9.97 Å². The number of nitrogens with one attached hydrogen (secondary N) is 1. The minimum Gasteiger partial charge on any atom is -0.461 e. The number of fused-ring (bicyclic) bond motifs is 4. The third kappa shape index (κ3) is 4.81. The highest BCUT2D eigenvalue weighted by Gasteiger charge is 2.49. The highest BCUT2D eigenvalue weighted by molar-refractivity contribution is 6.05. The van der Waals surface area contributed by atoms with Crippen molar-refractivity contribution < 1.29 is 17.9 Å². The lowest BCUT2D eigenvalue weighted by molar-refractivity contribution is 0.107. The Kier molecular flexibility index (Phi) is 7.26. The number of nitrogens with zero attached hydrogens (tertiary/aromatic N) is 4. The minimum atomic E-state index is -0.899. The van der Waals surface area contributed by atoms with Gasteiger partial charge in [-0.1, -0.05) is 25.8 Å². The van der Waals surface area contributed by atoms with Crippen molar-refractivity contribution in [3.05, 3.63) is 53.1 Å². The number of aromatic nitrogens is 2. The number of anilines is 2. The zero-order chi connectivity index (χ0) is 32.6. The van der Waals surface area contributed by atoms with Crippen molar-refractivity contribution in [2.24, 2.45) is 5.92 Å². The Bertz CT molecular complexity index is 1960. The molecule has 0 spiro atoms. The normalized spacial score (nSPS) is 27.1. The number of nitrogen functional groups attached to an aromatic ring is 1. The lowest BCUT2D eigenvalue weighted by atomic mass is 9.88. The summed E-state index contributed by atoms with van der Waals surface area (Å²) in [6.45, 7) is 7.32. The Morgan fingerprint density at radius 3 is 2.81 bits per heavy atom. The smallest absolute Gasteiger partial charge is 0.319 e. The minimum absolute atomic E-state index is 0.0561. The van der Waals surface area contributed by atoms with E-state index in [1.165, 1.54) is 6.07 Å². The van der Waals surface area contributed by atoms with Crippen LogP contribution in [0.5, 0.6) is 6.01 Å². The summed E-state index contributed by atoms with van der Waals surface area (Å²) in [6, 6.07) is 8.57. The molecule has 5 heterocycles. The van der Waals surface area contributed by atoms with Crippen LogP contribution in [0.15, 0.2) is 30.3 Å². The van der Waals surface area contributed by atoms with Crippen LogP contribution >= 0.6 is 0 Å². The molecule has 3 fully saturated rings. The molecule has 0 aliphatic carbocycles. The van der Waals surface area contributed by atoms with Crippen LogP contribution < -0.4 is 20.7 Å². The Morgan fingerprint density at radius 1 is 1.15 bits per heavy atom. The summed E-state index contributed by atoms with van der Waals surface area (Å²) < 4.78 is 53.2. The van der Waals surface area contributed by atoms with Gasteiger partial charge in [-0.15, -0.1) is 6.42 Å². The van der Waals surface area contributed by atoms with Crippen LogP contribution in [0, 0.1) is 29.9 Å². The van der Waals surface area contributed by atoms with E-state index in [1.807, 2.05) is 6.07 Å². The molecule has 10 heteroatoms. The number of hydrogen-bond acceptors (Lipinski definition) is 7. The summed E-state index contributed by atoms with van der Waals surface area (Å²) >= 11 is 0. The molecule has 0 saturated carbocycles. The first-order valence-corrected chi connectivity index (χ1v) is 16.7. The van der Waals surface area contributed by atoms with Gasteiger partial charge in [0.1, 0.15) is 29.9 Å². The van der Waals surface area contributed by atoms with Crippen LogP contribution in [-0.4, -0.2) is 71.4 Å². The van der Waals surface area contributed by atoms with Gasteiger partial charge < -0.3 is 20.7 Å². The van der Waals surface area contributed by atoms with Gasteiger partial charge >= 0.3 is 6.01 Å². The fourth-order valence-electron chi connectivity index (χ4n) is 8.76. The van der Waals surface area contributed by atoms with E-state index in [0.717, 1.165) is 37.9 Å². The van der Waals surface area contributed by atoms with Crippen LogP contribution in [0.2, 0.25) is 0 Å². The highest BCUT2D eigenvalue weighted by Crippen LogP contribution is 2.45. The second-order valence-electron chi connectivity index (χ2n) is 14.0. The van der Waals surface area contributed by atoms with Crippen LogP contribution in [0.1, 0.15) is 50.7 Å². The van der Waals surface area contributed by atoms with Gasteiger partial charge in [-0.05, 0) is 78.9 Å². The van der Waals surface area contributed by atoms with E-state index in [0.29, 0.717) is 59.2 Å². The standard InChI is InChI=1S/C37H39F3N6O/c1-4-25-18-46-30(16-42-25)20(3)11-22-13-28(27-14-24(41)12-21-7-8-29(39)26(5-2)31(21)27)33(40)34-32(22)35(46)44-36(43-34)47-19-37-9-6-10-45(37)17-23(38)15-37/h2,7-8,12-14,20,23,25,30,42H,4,6,9-11,15-19,41H2,1,3H3/t20-,23+,25+,30+,37-/m0/s1. The maximum Gasteiger partial charge on any atom is 0.319 e. The number of terminal acetylenes is 1. The SMILES string of the molecule is C#Cc1c(F)ccc2cc(N)cc(-c3cc4c5c(nc(OC[C@@]67CCCN6C[C@H](F)C7)nc5c3F)N3C[C@@H](CC)NC[C@@H]3[C@@H](C)C4)c12. The quantitative estimate of drug-likeness (QED) is 0.205. The summed E-state index contributed by atoms with van der Waals surface area (Å²) in [5.41, 5.74) is 8.08. The van der Waals surface area contributed by atoms with Crippen molar-refractivity contribution in [1.82, 2.24) is 20.2 Å². The third-order valence-electron chi connectivity index (χ3n) is 11.1. The fraction of sp³-hybridized carbons (Fsp3) is 0.459. The van der Waals surface area contributed by atoms with E-state index in [-0.39, 0.29) is 47.3 Å². The van der Waals surface area contributed by atoms with Crippen molar-refractivity contribution >= 4 is 33.2 Å². The first-order chi connectivity index (χ1) is 22.7. The molecular formula is C37H39F3N6O. The Balaban J connectivity index is 1.35. The number of ether oxygens (including phenoxy) is 1. The van der Waals surface area contributed by atoms with Gasteiger partial charge in [0, 0.05) is 60.2 Å². The zero-order valence-electron chi connectivity index (χ0n) is 26.8. The molecule has 1 aromatic heterocycles. The fourth-order valence-corrected chi connectivity index (χ4v) is 8.76. The van der Waals surface area contributed by atoms with Gasteiger partial charge in [0.15, 0.2) is 5.82 Å². The molecule has 244 valence electrons. The summed E-state index contributed by atoms with van der Waals surface area (Å²) in [7, 11) is 0. The predicted octanol–water partition coefficient (Wildman–Crippen LogP) is 6.00. The van der Waals surface area contributed by atoms with Crippen LogP contribution in [0.3, 0.4) is 0 Å². The first kappa shape index (κ1) is 30.3. The molecule has 3 aromatic carbocycles. The topological polar surface area (TPSA) is 79.5 Å². The lowest BCUT2D eigenvalue weighted by Gasteiger charge is -2.43. The summed E-state index contributed by atoms with van der Waals surface area (Å²) in [6.07, 6.45) is 8.72. The molecular weight excluding hydrogens is 601 g/mol. The summed E-state index contributed by atoms with van der Waals surface area (Å²) in [4.78, 5) is 14.2. The Labute approximate surface area is 272 Å². The van der Waals surface area contributed by atoms with Gasteiger partial charge in [-0.25, -0.2) is 13.2 Å². The summed E-state index contributed by atoms with van der Waals surface area (Å²) in [5, 5.41) is 5.39. The van der Waals surface area contributed by atoms with Crippen molar-refractivity contribution in [3.63, 3.8) is 0 Å². The monoisotopic (exact) mass is 640 g/mol. The summed E-state index contributed by atoms with van der Waals surface area (Å²) in [5.74, 6) is 2.20. The molecule has 3 N–H and O–H groups in total. The van der Waals surface area contributed by atoms with E-state index in [2.05, 4.69) is 34.9 Å². The van der Waals surface area contributed by atoms with E-state index in [1.54, 1.807) is 18.2 Å². The molecule has 4 aliphatic rings. The maximum absolute atomic E-state index is 17.2. The number of benzene rings is 3. The van der Waals surface area contributed by atoms with Gasteiger partial charge in [-0.3, -0.25) is 4.90 Å². The molecule has 8 rings (SSSR count). The number of piperazine rings is 1. The number of rotatable bonds is 5. The van der Waals surface area contributed by atoms with Crippen LogP contribution in [-0.2, 0) is 6.42 Å². The van der Waals surface area contributed by atoms with Crippen molar-refractivity contribution in [2.75, 3.05) is 43.4 Å². The first-order valence-electron chi connectivity index (χ1n) is 16.7. The van der Waals surface area contributed by atoms with E-state index in [4.69, 9.17) is 26.9 Å². The molecule has 0 amide bonds. The van der Waals surface area contributed by atoms with Crippen molar-refractivity contribution in [1.29, 1.82) is 0 Å². The number of alkyl halides is 1. The second-order valence-corrected chi connectivity index (χ2v) is 14.0. The Hall–Kier alpha value is -4.07. The Morgan fingerprint density at radius 2 is 2.00 bits per heavy atom. The molecule has 3 saturated heterocycles. The second kappa shape index (κ2) is 11.3. The highest BCUT2D eigenvalue weighted by atomic mass is 19.1. The molecule has 7 nitrogen and oxygen atoms in total. The number of hydrogen-bond donors (Lipinski definition) is 2. The maximum atomic E-state index is 17.2. The van der Waals surface area contributed by atoms with Crippen LogP contribution in [0.4, 0.5) is 24.7 Å². The number of halogens is 3. The van der Waals surface area contributed by atoms with E-state index >= 15 is 8.78 Å². The molecule has 47 heavy (non-hydrogen) atoms. The number of nitrogens with two attached hydrogens (primary N) is 1. The largest absolute Gasteiger partial charge is 0.461 e. The van der Waals surface area contributed by atoms with Gasteiger partial charge in [0.25, 0.3) is 0 Å². The molecule has 0 radical (unpaired) electrons. The van der Waals surface area contributed by atoms with Crippen molar-refractivity contribution in [2.45, 2.75) is 69.7 Å². The van der Waals surface area contributed by atoms with E-state index in [9.17, 15) is 4.39 Å².